The number of anilines is 1. The Labute approximate surface area is 173 Å². The number of carbonyl (C=O) groups is 3. The maximum atomic E-state index is 12.3. The SMILES string of the molecule is COc1cc(C(C)=O)ccc1OCC(=O)O[C@H](C)C(=O)Nc1cccc(Cl)c1C. The number of Topliss-reactive ketones (excluding diaryl/α,β-unsaturated/α-hetero) is 1. The van der Waals surface area contributed by atoms with Gasteiger partial charge in [-0.25, -0.2) is 4.79 Å². The van der Waals surface area contributed by atoms with E-state index in [0.29, 0.717) is 27.6 Å². The number of halogens is 1. The van der Waals surface area contributed by atoms with Crippen molar-refractivity contribution in [3.63, 3.8) is 0 Å². The van der Waals surface area contributed by atoms with E-state index < -0.39 is 24.6 Å². The molecule has 0 saturated heterocycles. The van der Waals surface area contributed by atoms with Crippen LogP contribution in [-0.2, 0) is 14.3 Å². The van der Waals surface area contributed by atoms with Gasteiger partial charge in [0.25, 0.3) is 5.91 Å². The Bertz CT molecular complexity index is 927. The van der Waals surface area contributed by atoms with Crippen molar-refractivity contribution >= 4 is 34.9 Å². The molecule has 0 heterocycles. The van der Waals surface area contributed by atoms with Crippen molar-refractivity contribution in [3.05, 3.63) is 52.5 Å². The highest BCUT2D eigenvalue weighted by Crippen LogP contribution is 2.28. The zero-order chi connectivity index (χ0) is 21.6. The van der Waals surface area contributed by atoms with Crippen molar-refractivity contribution in [2.75, 3.05) is 19.0 Å². The molecule has 0 saturated carbocycles. The van der Waals surface area contributed by atoms with Crippen LogP contribution < -0.4 is 14.8 Å². The summed E-state index contributed by atoms with van der Waals surface area (Å²) in [6.07, 6.45) is -1.04. The second-order valence-electron chi connectivity index (χ2n) is 6.24. The van der Waals surface area contributed by atoms with Gasteiger partial charge in [0.2, 0.25) is 0 Å². The largest absolute Gasteiger partial charge is 0.493 e. The lowest BCUT2D eigenvalue weighted by molar-refractivity contribution is -0.155. The average molecular weight is 420 g/mol. The molecular formula is C21H22ClNO6. The van der Waals surface area contributed by atoms with E-state index in [2.05, 4.69) is 5.32 Å². The standard InChI is InChI=1S/C21H22ClNO6/c1-12-16(22)6-5-7-17(12)23-21(26)14(3)29-20(25)11-28-18-9-8-15(13(2)24)10-19(18)27-4/h5-10,14H,11H2,1-4H3,(H,23,26)/t14-/m1/s1. The maximum absolute atomic E-state index is 12.3. The predicted octanol–water partition coefficient (Wildman–Crippen LogP) is 3.81. The van der Waals surface area contributed by atoms with Crippen molar-refractivity contribution in [2.24, 2.45) is 0 Å². The monoisotopic (exact) mass is 419 g/mol. The van der Waals surface area contributed by atoms with Gasteiger partial charge in [0, 0.05) is 16.3 Å². The van der Waals surface area contributed by atoms with Crippen molar-refractivity contribution in [1.29, 1.82) is 0 Å². The van der Waals surface area contributed by atoms with Crippen LogP contribution in [0.25, 0.3) is 0 Å². The molecule has 7 nitrogen and oxygen atoms in total. The molecule has 1 atom stereocenters. The number of hydrogen-bond acceptors (Lipinski definition) is 6. The number of ketones is 1. The van der Waals surface area contributed by atoms with Gasteiger partial charge in [-0.3, -0.25) is 9.59 Å². The first-order valence-corrected chi connectivity index (χ1v) is 9.18. The molecule has 0 bridgehead atoms. The number of esters is 1. The van der Waals surface area contributed by atoms with Crippen molar-refractivity contribution in [2.45, 2.75) is 26.9 Å². The lowest BCUT2D eigenvalue weighted by Gasteiger charge is -2.16. The number of amides is 1. The Hall–Kier alpha value is -3.06. The van der Waals surface area contributed by atoms with Crippen LogP contribution in [0.1, 0.15) is 29.8 Å². The first kappa shape index (κ1) is 22.2. The summed E-state index contributed by atoms with van der Waals surface area (Å²) in [6.45, 7) is 4.23. The molecule has 0 aliphatic heterocycles. The van der Waals surface area contributed by atoms with Crippen LogP contribution in [0.5, 0.6) is 11.5 Å². The van der Waals surface area contributed by atoms with Crippen LogP contribution >= 0.6 is 11.6 Å². The first-order valence-electron chi connectivity index (χ1n) is 8.80. The van der Waals surface area contributed by atoms with E-state index in [-0.39, 0.29) is 11.5 Å². The molecule has 0 radical (unpaired) electrons. The third-order valence-electron chi connectivity index (χ3n) is 4.12. The number of methoxy groups -OCH3 is 1. The molecule has 0 aromatic heterocycles. The van der Waals surface area contributed by atoms with Gasteiger partial charge < -0.3 is 19.5 Å². The minimum absolute atomic E-state index is 0.121. The molecule has 0 aliphatic rings. The number of benzene rings is 2. The summed E-state index contributed by atoms with van der Waals surface area (Å²) in [5, 5.41) is 3.19. The molecule has 8 heteroatoms. The van der Waals surface area contributed by atoms with E-state index in [1.54, 1.807) is 31.2 Å². The Morgan fingerprint density at radius 3 is 2.52 bits per heavy atom. The third-order valence-corrected chi connectivity index (χ3v) is 4.53. The first-order chi connectivity index (χ1) is 13.7. The van der Waals surface area contributed by atoms with E-state index in [1.807, 2.05) is 0 Å². The molecule has 154 valence electrons. The predicted molar refractivity (Wildman–Crippen MR) is 109 cm³/mol. The average Bonchev–Trinajstić information content (AvgIpc) is 2.69. The fourth-order valence-electron chi connectivity index (χ4n) is 2.40. The van der Waals surface area contributed by atoms with Crippen LogP contribution in [-0.4, -0.2) is 37.5 Å². The number of nitrogens with one attached hydrogen (secondary N) is 1. The number of hydrogen-bond donors (Lipinski definition) is 1. The molecule has 1 N–H and O–H groups in total. The molecule has 29 heavy (non-hydrogen) atoms. The highest BCUT2D eigenvalue weighted by atomic mass is 35.5. The highest BCUT2D eigenvalue weighted by molar-refractivity contribution is 6.31. The Morgan fingerprint density at radius 2 is 1.86 bits per heavy atom. The Morgan fingerprint density at radius 1 is 1.14 bits per heavy atom. The summed E-state index contributed by atoms with van der Waals surface area (Å²) in [4.78, 5) is 35.7. The number of carbonyl (C=O) groups excluding carboxylic acids is 3. The molecule has 0 aliphatic carbocycles. The zero-order valence-corrected chi connectivity index (χ0v) is 17.3. The van der Waals surface area contributed by atoms with Gasteiger partial charge in [-0.05, 0) is 56.7 Å². The fourth-order valence-corrected chi connectivity index (χ4v) is 2.58. The Kier molecular flexibility index (Phi) is 7.61. The van der Waals surface area contributed by atoms with Crippen molar-refractivity contribution in [3.8, 4) is 11.5 Å². The van der Waals surface area contributed by atoms with Crippen LogP contribution in [0.3, 0.4) is 0 Å². The lowest BCUT2D eigenvalue weighted by atomic mass is 10.1. The third kappa shape index (κ3) is 5.96. The molecule has 0 unspecified atom stereocenters. The fraction of sp³-hybridized carbons (Fsp3) is 0.286. The van der Waals surface area contributed by atoms with E-state index in [0.717, 1.165) is 0 Å². The summed E-state index contributed by atoms with van der Waals surface area (Å²) in [7, 11) is 1.43. The van der Waals surface area contributed by atoms with Crippen LogP contribution in [0.4, 0.5) is 5.69 Å². The van der Waals surface area contributed by atoms with Gasteiger partial charge in [-0.1, -0.05) is 17.7 Å². The van der Waals surface area contributed by atoms with Crippen molar-refractivity contribution in [1.82, 2.24) is 0 Å². The zero-order valence-electron chi connectivity index (χ0n) is 16.6. The molecular weight excluding hydrogens is 398 g/mol. The minimum Gasteiger partial charge on any atom is -0.493 e. The number of rotatable bonds is 8. The molecule has 2 aromatic rings. The van der Waals surface area contributed by atoms with E-state index in [1.165, 1.54) is 33.1 Å². The van der Waals surface area contributed by atoms with Crippen LogP contribution in [0.15, 0.2) is 36.4 Å². The summed E-state index contributed by atoms with van der Waals surface area (Å²) in [5.41, 5.74) is 1.71. The summed E-state index contributed by atoms with van der Waals surface area (Å²) < 4.78 is 15.7. The van der Waals surface area contributed by atoms with Gasteiger partial charge >= 0.3 is 5.97 Å². The van der Waals surface area contributed by atoms with Gasteiger partial charge in [0.1, 0.15) is 0 Å². The smallest absolute Gasteiger partial charge is 0.344 e. The minimum atomic E-state index is -1.04. The molecule has 2 rings (SSSR count). The van der Waals surface area contributed by atoms with Gasteiger partial charge in [-0.15, -0.1) is 0 Å². The maximum Gasteiger partial charge on any atom is 0.344 e. The quantitative estimate of drug-likeness (QED) is 0.516. The van der Waals surface area contributed by atoms with Gasteiger partial charge in [0.05, 0.1) is 7.11 Å². The second-order valence-corrected chi connectivity index (χ2v) is 6.65. The van der Waals surface area contributed by atoms with Gasteiger partial charge in [0.15, 0.2) is 30.0 Å². The van der Waals surface area contributed by atoms with Crippen LogP contribution in [0, 0.1) is 6.92 Å². The van der Waals surface area contributed by atoms with E-state index in [9.17, 15) is 14.4 Å². The lowest BCUT2D eigenvalue weighted by Crippen LogP contribution is -2.31. The number of ether oxygens (including phenoxy) is 3. The summed E-state index contributed by atoms with van der Waals surface area (Å²) in [5.74, 6) is -0.752. The van der Waals surface area contributed by atoms with E-state index >= 15 is 0 Å². The van der Waals surface area contributed by atoms with Crippen LogP contribution in [0.2, 0.25) is 5.02 Å². The Balaban J connectivity index is 1.92. The molecule has 2 aromatic carbocycles. The topological polar surface area (TPSA) is 90.9 Å². The molecule has 1 amide bonds. The normalized spacial score (nSPS) is 11.3. The van der Waals surface area contributed by atoms with E-state index in [4.69, 9.17) is 25.8 Å². The van der Waals surface area contributed by atoms with Gasteiger partial charge in [-0.2, -0.15) is 0 Å². The summed E-state index contributed by atoms with van der Waals surface area (Å²) in [6, 6.07) is 9.74. The molecule has 0 fully saturated rings. The van der Waals surface area contributed by atoms with Crippen molar-refractivity contribution < 1.29 is 28.6 Å². The highest BCUT2D eigenvalue weighted by Gasteiger charge is 2.20. The second kappa shape index (κ2) is 9.93. The molecule has 0 spiro atoms. The summed E-state index contributed by atoms with van der Waals surface area (Å²) >= 11 is 6.03.